The highest BCUT2D eigenvalue weighted by molar-refractivity contribution is 5.85. The van der Waals surface area contributed by atoms with Crippen LogP contribution in [0.5, 0.6) is 0 Å². The van der Waals surface area contributed by atoms with Crippen molar-refractivity contribution in [1.29, 1.82) is 0 Å². The van der Waals surface area contributed by atoms with Crippen LogP contribution in [0.2, 0.25) is 0 Å². The zero-order valence-corrected chi connectivity index (χ0v) is 13.2. The van der Waals surface area contributed by atoms with Crippen LogP contribution in [-0.2, 0) is 5.41 Å². The van der Waals surface area contributed by atoms with Crippen LogP contribution in [0.4, 0.5) is 0 Å². The summed E-state index contributed by atoms with van der Waals surface area (Å²) in [5.41, 5.74) is 9.47. The van der Waals surface area contributed by atoms with Crippen LogP contribution in [0.1, 0.15) is 30.5 Å². The van der Waals surface area contributed by atoms with Crippen molar-refractivity contribution in [3.63, 3.8) is 0 Å². The Kier molecular flexibility index (Phi) is 2.74. The van der Waals surface area contributed by atoms with Crippen molar-refractivity contribution >= 4 is 0 Å². The Bertz CT molecular complexity index is 860. The smallest absolute Gasteiger partial charge is 0.0346 e. The van der Waals surface area contributed by atoms with E-state index in [4.69, 9.17) is 0 Å². The van der Waals surface area contributed by atoms with Crippen LogP contribution < -0.4 is 0 Å². The summed E-state index contributed by atoms with van der Waals surface area (Å²) in [5.74, 6) is 0. The highest BCUT2D eigenvalue weighted by Crippen LogP contribution is 2.50. The molecule has 0 N–H and O–H groups in total. The molecular weight excluding hydrogens is 266 g/mol. The lowest BCUT2D eigenvalue weighted by molar-refractivity contribution is 0.660. The predicted molar refractivity (Wildman–Crippen MR) is 92.0 cm³/mol. The number of rotatable bonds is 1. The Morgan fingerprint density at radius 3 is 2.50 bits per heavy atom. The van der Waals surface area contributed by atoms with Gasteiger partial charge in [0.2, 0.25) is 0 Å². The molecule has 108 valence electrons. The number of benzene rings is 2. The SMILES string of the molecule is Cc1cccc2c1-c1ccc(-c3cccnc3)cc1C2(C)C. The molecule has 0 saturated heterocycles. The molecule has 1 heterocycles. The van der Waals surface area contributed by atoms with Crippen LogP contribution in [0.15, 0.2) is 60.9 Å². The first-order chi connectivity index (χ1) is 10.6. The van der Waals surface area contributed by atoms with Crippen LogP contribution in [0.25, 0.3) is 22.3 Å². The second-order valence-electron chi connectivity index (χ2n) is 6.62. The summed E-state index contributed by atoms with van der Waals surface area (Å²) in [6.07, 6.45) is 3.75. The first-order valence-electron chi connectivity index (χ1n) is 7.74. The van der Waals surface area contributed by atoms with E-state index >= 15 is 0 Å². The standard InChI is InChI=1S/C21H19N/c1-14-6-4-8-18-20(14)17-10-9-15(12-19(17)21(18,2)3)16-7-5-11-22-13-16/h4-13H,1-3H3. The summed E-state index contributed by atoms with van der Waals surface area (Å²) < 4.78 is 0. The molecule has 1 nitrogen and oxygen atoms in total. The van der Waals surface area contributed by atoms with Crippen molar-refractivity contribution in [3.8, 4) is 22.3 Å². The third kappa shape index (κ3) is 1.75. The van der Waals surface area contributed by atoms with E-state index in [0.717, 1.165) is 0 Å². The Hall–Kier alpha value is -2.41. The number of nitrogens with zero attached hydrogens (tertiary/aromatic N) is 1. The molecule has 22 heavy (non-hydrogen) atoms. The lowest BCUT2D eigenvalue weighted by atomic mass is 9.81. The van der Waals surface area contributed by atoms with Gasteiger partial charge in [-0.3, -0.25) is 4.98 Å². The van der Waals surface area contributed by atoms with Crippen molar-refractivity contribution in [1.82, 2.24) is 4.98 Å². The molecule has 0 spiro atoms. The fourth-order valence-electron chi connectivity index (χ4n) is 3.68. The van der Waals surface area contributed by atoms with Gasteiger partial charge in [-0.05, 0) is 58.0 Å². The first kappa shape index (κ1) is 13.3. The average molecular weight is 285 g/mol. The Morgan fingerprint density at radius 2 is 1.73 bits per heavy atom. The molecule has 1 aliphatic rings. The van der Waals surface area contributed by atoms with Crippen molar-refractivity contribution in [2.45, 2.75) is 26.2 Å². The summed E-state index contributed by atoms with van der Waals surface area (Å²) in [7, 11) is 0. The van der Waals surface area contributed by atoms with Crippen molar-refractivity contribution in [2.24, 2.45) is 0 Å². The average Bonchev–Trinajstić information content (AvgIpc) is 2.77. The molecule has 3 aromatic rings. The Labute approximate surface area is 131 Å². The highest BCUT2D eigenvalue weighted by Gasteiger charge is 2.36. The molecule has 0 amide bonds. The van der Waals surface area contributed by atoms with Crippen molar-refractivity contribution < 1.29 is 0 Å². The zero-order chi connectivity index (χ0) is 15.3. The molecule has 0 radical (unpaired) electrons. The van der Waals surface area contributed by atoms with E-state index in [9.17, 15) is 0 Å². The molecule has 4 rings (SSSR count). The van der Waals surface area contributed by atoms with Gasteiger partial charge in [0.1, 0.15) is 0 Å². The fraction of sp³-hybridized carbons (Fsp3) is 0.190. The molecule has 2 aromatic carbocycles. The number of fused-ring (bicyclic) bond motifs is 3. The van der Waals surface area contributed by atoms with Gasteiger partial charge in [0, 0.05) is 17.8 Å². The van der Waals surface area contributed by atoms with Crippen LogP contribution in [0, 0.1) is 6.92 Å². The molecule has 1 heteroatoms. The van der Waals surface area contributed by atoms with Gasteiger partial charge in [0.15, 0.2) is 0 Å². The number of hydrogen-bond acceptors (Lipinski definition) is 1. The minimum absolute atomic E-state index is 0.0505. The zero-order valence-electron chi connectivity index (χ0n) is 13.2. The van der Waals surface area contributed by atoms with Crippen molar-refractivity contribution in [3.05, 3.63) is 77.6 Å². The monoisotopic (exact) mass is 285 g/mol. The topological polar surface area (TPSA) is 12.9 Å². The molecule has 0 unspecified atom stereocenters. The molecule has 0 aliphatic heterocycles. The summed E-state index contributed by atoms with van der Waals surface area (Å²) in [4.78, 5) is 4.24. The van der Waals surface area contributed by atoms with E-state index in [-0.39, 0.29) is 5.41 Å². The third-order valence-electron chi connectivity index (χ3n) is 4.90. The van der Waals surface area contributed by atoms with Gasteiger partial charge in [-0.1, -0.05) is 50.2 Å². The molecule has 0 atom stereocenters. The normalized spacial score (nSPS) is 14.5. The minimum Gasteiger partial charge on any atom is -0.264 e. The van der Waals surface area contributed by atoms with E-state index in [2.05, 4.69) is 68.2 Å². The van der Waals surface area contributed by atoms with E-state index < -0.39 is 0 Å². The number of aryl methyl sites for hydroxylation is 1. The molecular formula is C21H19N. The summed E-state index contributed by atoms with van der Waals surface area (Å²) in [6.45, 7) is 6.85. The van der Waals surface area contributed by atoms with Gasteiger partial charge in [0.25, 0.3) is 0 Å². The number of aromatic nitrogens is 1. The third-order valence-corrected chi connectivity index (χ3v) is 4.90. The second-order valence-corrected chi connectivity index (χ2v) is 6.62. The van der Waals surface area contributed by atoms with Crippen LogP contribution in [0.3, 0.4) is 0 Å². The quantitative estimate of drug-likeness (QED) is 0.586. The molecule has 1 aromatic heterocycles. The maximum Gasteiger partial charge on any atom is 0.0346 e. The number of pyridine rings is 1. The lowest BCUT2D eigenvalue weighted by Crippen LogP contribution is -2.15. The van der Waals surface area contributed by atoms with Gasteiger partial charge in [-0.25, -0.2) is 0 Å². The fourth-order valence-corrected chi connectivity index (χ4v) is 3.68. The van der Waals surface area contributed by atoms with Gasteiger partial charge in [-0.15, -0.1) is 0 Å². The Morgan fingerprint density at radius 1 is 0.864 bits per heavy atom. The van der Waals surface area contributed by atoms with E-state index in [1.54, 1.807) is 0 Å². The largest absolute Gasteiger partial charge is 0.264 e. The molecule has 0 fully saturated rings. The Balaban J connectivity index is 1.97. The van der Waals surface area contributed by atoms with Gasteiger partial charge in [0.05, 0.1) is 0 Å². The van der Waals surface area contributed by atoms with Crippen LogP contribution >= 0.6 is 0 Å². The van der Waals surface area contributed by atoms with Gasteiger partial charge in [-0.2, -0.15) is 0 Å². The summed E-state index contributed by atoms with van der Waals surface area (Å²) in [5, 5.41) is 0. The molecule has 0 bridgehead atoms. The van der Waals surface area contributed by atoms with Crippen molar-refractivity contribution in [2.75, 3.05) is 0 Å². The van der Waals surface area contributed by atoms with E-state index in [1.165, 1.54) is 38.9 Å². The predicted octanol–water partition coefficient (Wildman–Crippen LogP) is 5.36. The molecule has 1 aliphatic carbocycles. The minimum atomic E-state index is 0.0505. The van der Waals surface area contributed by atoms with Gasteiger partial charge >= 0.3 is 0 Å². The summed E-state index contributed by atoms with van der Waals surface area (Å²) in [6, 6.07) is 17.6. The summed E-state index contributed by atoms with van der Waals surface area (Å²) >= 11 is 0. The maximum absolute atomic E-state index is 4.24. The van der Waals surface area contributed by atoms with E-state index in [1.807, 2.05) is 18.5 Å². The first-order valence-corrected chi connectivity index (χ1v) is 7.74. The molecule has 0 saturated carbocycles. The van der Waals surface area contributed by atoms with Gasteiger partial charge < -0.3 is 0 Å². The number of hydrogen-bond donors (Lipinski definition) is 0. The van der Waals surface area contributed by atoms with E-state index in [0.29, 0.717) is 0 Å². The maximum atomic E-state index is 4.24. The highest BCUT2D eigenvalue weighted by atomic mass is 14.6. The second kappa shape index (κ2) is 4.54. The lowest BCUT2D eigenvalue weighted by Gasteiger charge is -2.22. The van der Waals surface area contributed by atoms with Crippen LogP contribution in [-0.4, -0.2) is 4.98 Å².